The number of nitrogens with one attached hydrogen (secondary N) is 1. The van der Waals surface area contributed by atoms with Crippen LogP contribution in [0.15, 0.2) is 24.3 Å². The molecule has 0 amide bonds. The maximum Gasteiger partial charge on any atom is 0.322 e. The minimum Gasteiger partial charge on any atom is -0.465 e. The molecule has 0 spiro atoms. The fraction of sp³-hybridized carbons (Fsp3) is 0.500. The Kier molecular flexibility index (Phi) is 6.39. The highest BCUT2D eigenvalue weighted by Crippen LogP contribution is 2.05. The predicted octanol–water partition coefficient (Wildman–Crippen LogP) is 1.87. The van der Waals surface area contributed by atoms with E-state index in [0.717, 1.165) is 11.1 Å². The molecule has 0 fully saturated rings. The number of carbonyl (C=O) groups is 1. The maximum absolute atomic E-state index is 11.4. The highest BCUT2D eigenvalue weighted by atomic mass is 16.5. The maximum atomic E-state index is 11.4. The van der Waals surface area contributed by atoms with Crippen molar-refractivity contribution in [1.29, 1.82) is 0 Å². The summed E-state index contributed by atoms with van der Waals surface area (Å²) in [5.74, 6) is -0.214. The Morgan fingerprint density at radius 3 is 2.44 bits per heavy atom. The molecule has 0 aliphatic heterocycles. The first-order valence-corrected chi connectivity index (χ1v) is 6.14. The topological polar surface area (TPSA) is 47.6 Å². The lowest BCUT2D eigenvalue weighted by atomic mass is 10.1. The molecule has 0 bridgehead atoms. The molecule has 1 atom stereocenters. The largest absolute Gasteiger partial charge is 0.465 e. The number of carbonyl (C=O) groups excluding carboxylic acids is 1. The van der Waals surface area contributed by atoms with Crippen molar-refractivity contribution in [2.45, 2.75) is 33.0 Å². The van der Waals surface area contributed by atoms with Gasteiger partial charge in [0.2, 0.25) is 0 Å². The molecule has 1 N–H and O–H groups in total. The van der Waals surface area contributed by atoms with Crippen molar-refractivity contribution < 1.29 is 14.3 Å². The van der Waals surface area contributed by atoms with Crippen LogP contribution in [0.4, 0.5) is 0 Å². The number of esters is 1. The highest BCUT2D eigenvalue weighted by molar-refractivity contribution is 5.75. The lowest BCUT2D eigenvalue weighted by Gasteiger charge is -2.12. The fourth-order valence-electron chi connectivity index (χ4n) is 1.54. The van der Waals surface area contributed by atoms with E-state index in [2.05, 4.69) is 5.32 Å². The van der Waals surface area contributed by atoms with Crippen molar-refractivity contribution in [3.05, 3.63) is 35.4 Å². The van der Waals surface area contributed by atoms with Gasteiger partial charge in [0.15, 0.2) is 0 Å². The summed E-state index contributed by atoms with van der Waals surface area (Å²) >= 11 is 0. The smallest absolute Gasteiger partial charge is 0.322 e. The zero-order valence-corrected chi connectivity index (χ0v) is 11.2. The summed E-state index contributed by atoms with van der Waals surface area (Å²) in [4.78, 5) is 11.4. The van der Waals surface area contributed by atoms with Gasteiger partial charge in [-0.2, -0.15) is 0 Å². The second kappa shape index (κ2) is 7.84. The number of hydrogen-bond donors (Lipinski definition) is 1. The van der Waals surface area contributed by atoms with Crippen LogP contribution in [0, 0.1) is 0 Å². The molecule has 100 valence electrons. The second-order valence-electron chi connectivity index (χ2n) is 4.10. The van der Waals surface area contributed by atoms with Crippen LogP contribution < -0.4 is 5.32 Å². The summed E-state index contributed by atoms with van der Waals surface area (Å²) in [6.45, 7) is 5.28. The van der Waals surface area contributed by atoms with Gasteiger partial charge in [-0.1, -0.05) is 24.3 Å². The number of benzene rings is 1. The average molecular weight is 251 g/mol. The lowest BCUT2D eigenvalue weighted by Crippen LogP contribution is -2.34. The van der Waals surface area contributed by atoms with Gasteiger partial charge < -0.3 is 14.8 Å². The van der Waals surface area contributed by atoms with Crippen LogP contribution in [-0.4, -0.2) is 25.7 Å². The summed E-state index contributed by atoms with van der Waals surface area (Å²) in [5, 5.41) is 3.13. The summed E-state index contributed by atoms with van der Waals surface area (Å²) in [6.07, 6.45) is 0. The monoisotopic (exact) mass is 251 g/mol. The van der Waals surface area contributed by atoms with Gasteiger partial charge in [-0.05, 0) is 25.0 Å². The molecule has 0 aromatic heterocycles. The van der Waals surface area contributed by atoms with E-state index in [1.807, 2.05) is 24.3 Å². The zero-order chi connectivity index (χ0) is 13.4. The summed E-state index contributed by atoms with van der Waals surface area (Å²) in [6, 6.07) is 7.81. The fourth-order valence-corrected chi connectivity index (χ4v) is 1.54. The third-order valence-electron chi connectivity index (χ3n) is 2.59. The van der Waals surface area contributed by atoms with Crippen LogP contribution in [0.1, 0.15) is 25.0 Å². The molecule has 0 saturated heterocycles. The molecule has 4 heteroatoms. The Balaban J connectivity index is 2.41. The molecular weight excluding hydrogens is 230 g/mol. The molecule has 1 rings (SSSR count). The minimum absolute atomic E-state index is 0.214. The van der Waals surface area contributed by atoms with Gasteiger partial charge in [0.05, 0.1) is 13.2 Å². The number of hydrogen-bond acceptors (Lipinski definition) is 4. The van der Waals surface area contributed by atoms with Gasteiger partial charge in [0.25, 0.3) is 0 Å². The number of rotatable bonds is 7. The lowest BCUT2D eigenvalue weighted by molar-refractivity contribution is -0.145. The van der Waals surface area contributed by atoms with Crippen LogP contribution >= 0.6 is 0 Å². The quantitative estimate of drug-likeness (QED) is 0.752. The molecule has 0 aliphatic carbocycles. The normalized spacial score (nSPS) is 12.2. The van der Waals surface area contributed by atoms with Crippen LogP contribution in [0.25, 0.3) is 0 Å². The average Bonchev–Trinajstić information content (AvgIpc) is 2.38. The van der Waals surface area contributed by atoms with Crippen molar-refractivity contribution in [1.82, 2.24) is 5.32 Å². The van der Waals surface area contributed by atoms with E-state index in [1.165, 1.54) is 0 Å². The Hall–Kier alpha value is -1.39. The van der Waals surface area contributed by atoms with Crippen molar-refractivity contribution in [3.63, 3.8) is 0 Å². The number of ether oxygens (including phenoxy) is 2. The molecule has 0 aliphatic rings. The third kappa shape index (κ3) is 4.85. The van der Waals surface area contributed by atoms with Gasteiger partial charge in [0, 0.05) is 13.7 Å². The molecule has 1 aromatic carbocycles. The third-order valence-corrected chi connectivity index (χ3v) is 2.59. The van der Waals surface area contributed by atoms with Crippen LogP contribution in [0.3, 0.4) is 0 Å². The molecule has 1 aromatic rings. The number of methoxy groups -OCH3 is 1. The highest BCUT2D eigenvalue weighted by Gasteiger charge is 2.12. The molecule has 4 nitrogen and oxygen atoms in total. The van der Waals surface area contributed by atoms with Crippen LogP contribution in [-0.2, 0) is 27.4 Å². The Morgan fingerprint density at radius 1 is 1.28 bits per heavy atom. The standard InChI is InChI=1S/C14H21NO3/c1-4-18-14(16)11(2)15-9-12-5-7-13(8-6-12)10-17-3/h5-8,11,15H,4,9-10H2,1-3H3. The van der Waals surface area contributed by atoms with Crippen molar-refractivity contribution in [2.75, 3.05) is 13.7 Å². The molecule has 0 saturated carbocycles. The SMILES string of the molecule is CCOC(=O)C(C)NCc1ccc(COC)cc1. The van der Waals surface area contributed by atoms with Crippen molar-refractivity contribution in [3.8, 4) is 0 Å². The van der Waals surface area contributed by atoms with E-state index in [9.17, 15) is 4.79 Å². The van der Waals surface area contributed by atoms with E-state index in [1.54, 1.807) is 21.0 Å². The van der Waals surface area contributed by atoms with Gasteiger partial charge in [-0.3, -0.25) is 4.79 Å². The van der Waals surface area contributed by atoms with Gasteiger partial charge in [0.1, 0.15) is 6.04 Å². The van der Waals surface area contributed by atoms with Gasteiger partial charge >= 0.3 is 5.97 Å². The first kappa shape index (κ1) is 14.7. The summed E-state index contributed by atoms with van der Waals surface area (Å²) in [7, 11) is 1.68. The molecule has 1 unspecified atom stereocenters. The van der Waals surface area contributed by atoms with E-state index < -0.39 is 0 Å². The van der Waals surface area contributed by atoms with Gasteiger partial charge in [-0.25, -0.2) is 0 Å². The zero-order valence-electron chi connectivity index (χ0n) is 11.2. The molecule has 0 radical (unpaired) electrons. The Labute approximate surface area is 108 Å². The first-order valence-electron chi connectivity index (χ1n) is 6.14. The van der Waals surface area contributed by atoms with E-state index >= 15 is 0 Å². The van der Waals surface area contributed by atoms with Crippen molar-refractivity contribution in [2.24, 2.45) is 0 Å². The van der Waals surface area contributed by atoms with Crippen molar-refractivity contribution >= 4 is 5.97 Å². The van der Waals surface area contributed by atoms with E-state index in [-0.39, 0.29) is 12.0 Å². The Bertz CT molecular complexity index is 362. The first-order chi connectivity index (χ1) is 8.67. The van der Waals surface area contributed by atoms with Crippen LogP contribution in [0.2, 0.25) is 0 Å². The summed E-state index contributed by atoms with van der Waals surface area (Å²) < 4.78 is 9.97. The molecule has 0 heterocycles. The van der Waals surface area contributed by atoms with Gasteiger partial charge in [-0.15, -0.1) is 0 Å². The van der Waals surface area contributed by atoms with E-state index in [4.69, 9.17) is 9.47 Å². The second-order valence-corrected chi connectivity index (χ2v) is 4.10. The minimum atomic E-state index is -0.288. The van der Waals surface area contributed by atoms with Crippen LogP contribution in [0.5, 0.6) is 0 Å². The molecular formula is C14H21NO3. The van der Waals surface area contributed by atoms with E-state index in [0.29, 0.717) is 19.8 Å². The predicted molar refractivity (Wildman–Crippen MR) is 70.1 cm³/mol. The summed E-state index contributed by atoms with van der Waals surface area (Å²) in [5.41, 5.74) is 2.27. The molecule has 18 heavy (non-hydrogen) atoms. The Morgan fingerprint density at radius 2 is 1.89 bits per heavy atom.